The summed E-state index contributed by atoms with van der Waals surface area (Å²) in [5.74, 6) is 0.559. The van der Waals surface area contributed by atoms with Crippen LogP contribution in [0.5, 0.6) is 11.5 Å². The molecule has 3 N–H and O–H groups in total. The summed E-state index contributed by atoms with van der Waals surface area (Å²) in [5, 5.41) is 8.64. The number of fused-ring (bicyclic) bond motifs is 1. The van der Waals surface area contributed by atoms with E-state index in [9.17, 15) is 9.59 Å². The van der Waals surface area contributed by atoms with Crippen LogP contribution in [0.1, 0.15) is 6.42 Å². The topological polar surface area (TPSA) is 88.7 Å². The maximum absolute atomic E-state index is 12.4. The summed E-state index contributed by atoms with van der Waals surface area (Å²) in [4.78, 5) is 24.5. The quantitative estimate of drug-likeness (QED) is 0.777. The summed E-state index contributed by atoms with van der Waals surface area (Å²) in [6.45, 7) is 0. The van der Waals surface area contributed by atoms with E-state index in [1.807, 2.05) is 18.2 Å². The van der Waals surface area contributed by atoms with Crippen molar-refractivity contribution in [1.29, 1.82) is 0 Å². The zero-order valence-corrected chi connectivity index (χ0v) is 14.0. The number of ether oxygens (including phenoxy) is 2. The Morgan fingerprint density at radius 2 is 1.88 bits per heavy atom. The van der Waals surface area contributed by atoms with Crippen LogP contribution in [0.25, 0.3) is 0 Å². The zero-order chi connectivity index (χ0) is 17.8. The first kappa shape index (κ1) is 16.6. The number of para-hydroxylation sites is 2. The third kappa shape index (κ3) is 3.65. The number of benzene rings is 2. The van der Waals surface area contributed by atoms with Crippen molar-refractivity contribution in [3.05, 3.63) is 42.5 Å². The van der Waals surface area contributed by atoms with Crippen LogP contribution in [0.2, 0.25) is 0 Å². The van der Waals surface area contributed by atoms with Gasteiger partial charge in [0.15, 0.2) is 0 Å². The fourth-order valence-electron chi connectivity index (χ4n) is 2.63. The van der Waals surface area contributed by atoms with Crippen LogP contribution in [-0.4, -0.2) is 32.1 Å². The van der Waals surface area contributed by atoms with Crippen molar-refractivity contribution in [3.63, 3.8) is 0 Å². The summed E-state index contributed by atoms with van der Waals surface area (Å²) < 4.78 is 10.4. The molecule has 0 bridgehead atoms. The third-order valence-electron chi connectivity index (χ3n) is 3.90. The Hall–Kier alpha value is -3.22. The number of carbonyl (C=O) groups is 2. The summed E-state index contributed by atoms with van der Waals surface area (Å²) in [5.41, 5.74) is 1.99. The lowest BCUT2D eigenvalue weighted by Gasteiger charge is -2.26. The van der Waals surface area contributed by atoms with Gasteiger partial charge >= 0.3 is 0 Å². The molecule has 0 radical (unpaired) electrons. The van der Waals surface area contributed by atoms with Crippen molar-refractivity contribution in [2.75, 3.05) is 30.2 Å². The third-order valence-corrected chi connectivity index (χ3v) is 3.90. The zero-order valence-electron chi connectivity index (χ0n) is 14.0. The van der Waals surface area contributed by atoms with Crippen LogP contribution in [0, 0.1) is 0 Å². The van der Waals surface area contributed by atoms with Crippen molar-refractivity contribution in [1.82, 2.24) is 0 Å². The van der Waals surface area contributed by atoms with Gasteiger partial charge in [-0.15, -0.1) is 0 Å². The van der Waals surface area contributed by atoms with Crippen molar-refractivity contribution < 1.29 is 19.1 Å². The number of hydrogen-bond acceptors (Lipinski definition) is 5. The molecule has 1 atom stereocenters. The van der Waals surface area contributed by atoms with E-state index >= 15 is 0 Å². The summed E-state index contributed by atoms with van der Waals surface area (Å²) in [6, 6.07) is 11.8. The summed E-state index contributed by atoms with van der Waals surface area (Å²) >= 11 is 0. The van der Waals surface area contributed by atoms with Crippen molar-refractivity contribution in [2.45, 2.75) is 12.5 Å². The van der Waals surface area contributed by atoms with Crippen LogP contribution >= 0.6 is 0 Å². The Balaban J connectivity index is 1.70. The van der Waals surface area contributed by atoms with Crippen LogP contribution < -0.4 is 25.4 Å². The Labute approximate surface area is 145 Å². The molecule has 2 aromatic rings. The van der Waals surface area contributed by atoms with E-state index in [1.54, 1.807) is 31.4 Å². The second-order valence-electron chi connectivity index (χ2n) is 5.55. The van der Waals surface area contributed by atoms with Gasteiger partial charge in [0.1, 0.15) is 17.5 Å². The van der Waals surface area contributed by atoms with Crippen molar-refractivity contribution in [3.8, 4) is 11.5 Å². The molecule has 7 heteroatoms. The number of methoxy groups -OCH3 is 2. The average molecular weight is 341 g/mol. The highest BCUT2D eigenvalue weighted by Crippen LogP contribution is 2.30. The molecule has 2 aromatic carbocycles. The number of hydrogen-bond donors (Lipinski definition) is 3. The summed E-state index contributed by atoms with van der Waals surface area (Å²) in [7, 11) is 3.06. The molecule has 0 aromatic heterocycles. The molecule has 0 saturated carbocycles. The van der Waals surface area contributed by atoms with Crippen molar-refractivity contribution in [2.24, 2.45) is 0 Å². The van der Waals surface area contributed by atoms with Crippen LogP contribution in [-0.2, 0) is 9.59 Å². The van der Waals surface area contributed by atoms with E-state index in [2.05, 4.69) is 16.0 Å². The molecule has 130 valence electrons. The van der Waals surface area contributed by atoms with Gasteiger partial charge in [0.05, 0.1) is 37.7 Å². The van der Waals surface area contributed by atoms with E-state index in [0.717, 1.165) is 5.69 Å². The number of nitrogens with one attached hydrogen (secondary N) is 3. The smallest absolute Gasteiger partial charge is 0.247 e. The first-order chi connectivity index (χ1) is 12.1. The number of amides is 2. The van der Waals surface area contributed by atoms with E-state index < -0.39 is 6.04 Å². The second kappa shape index (κ2) is 7.12. The minimum absolute atomic E-state index is 0.0134. The molecule has 25 heavy (non-hydrogen) atoms. The molecule has 0 saturated heterocycles. The first-order valence-corrected chi connectivity index (χ1v) is 7.79. The molecule has 0 fully saturated rings. The molecule has 0 aliphatic carbocycles. The molecule has 7 nitrogen and oxygen atoms in total. The van der Waals surface area contributed by atoms with Gasteiger partial charge in [-0.05, 0) is 24.3 Å². The molecule has 0 spiro atoms. The lowest BCUT2D eigenvalue weighted by atomic mass is 10.1. The van der Waals surface area contributed by atoms with Gasteiger partial charge in [0.25, 0.3) is 0 Å². The minimum Gasteiger partial charge on any atom is -0.497 e. The van der Waals surface area contributed by atoms with Gasteiger partial charge in [0, 0.05) is 6.07 Å². The molecule has 1 aliphatic rings. The number of anilines is 3. The van der Waals surface area contributed by atoms with Gasteiger partial charge in [-0.1, -0.05) is 12.1 Å². The Morgan fingerprint density at radius 1 is 1.12 bits per heavy atom. The average Bonchev–Trinajstić information content (AvgIpc) is 2.62. The summed E-state index contributed by atoms with van der Waals surface area (Å²) in [6.07, 6.45) is -0.0134. The van der Waals surface area contributed by atoms with Gasteiger partial charge in [-0.3, -0.25) is 9.59 Å². The van der Waals surface area contributed by atoms with Crippen molar-refractivity contribution >= 4 is 28.9 Å². The van der Waals surface area contributed by atoms with E-state index in [4.69, 9.17) is 9.47 Å². The monoisotopic (exact) mass is 341 g/mol. The van der Waals surface area contributed by atoms with Gasteiger partial charge in [0.2, 0.25) is 11.8 Å². The second-order valence-corrected chi connectivity index (χ2v) is 5.55. The Kier molecular flexibility index (Phi) is 4.74. The highest BCUT2D eigenvalue weighted by molar-refractivity contribution is 6.06. The molecular weight excluding hydrogens is 322 g/mol. The lowest BCUT2D eigenvalue weighted by molar-refractivity contribution is -0.122. The molecular formula is C18H19N3O4. The first-order valence-electron chi connectivity index (χ1n) is 7.79. The minimum atomic E-state index is -0.647. The predicted molar refractivity (Wildman–Crippen MR) is 95.3 cm³/mol. The van der Waals surface area contributed by atoms with E-state index in [0.29, 0.717) is 22.9 Å². The van der Waals surface area contributed by atoms with Crippen LogP contribution in [0.15, 0.2) is 42.5 Å². The van der Waals surface area contributed by atoms with Gasteiger partial charge in [-0.2, -0.15) is 0 Å². The fraction of sp³-hybridized carbons (Fsp3) is 0.222. The highest BCUT2D eigenvalue weighted by Gasteiger charge is 2.27. The Morgan fingerprint density at radius 3 is 2.60 bits per heavy atom. The predicted octanol–water partition coefficient (Wildman–Crippen LogP) is 2.47. The fourth-order valence-corrected chi connectivity index (χ4v) is 2.63. The maximum Gasteiger partial charge on any atom is 0.247 e. The van der Waals surface area contributed by atoms with Crippen LogP contribution in [0.3, 0.4) is 0 Å². The van der Waals surface area contributed by atoms with E-state index in [1.165, 1.54) is 7.11 Å². The molecule has 2 amide bonds. The normalized spacial score (nSPS) is 15.4. The molecule has 1 aliphatic heterocycles. The Bertz CT molecular complexity index is 807. The number of rotatable bonds is 5. The number of carbonyl (C=O) groups excluding carboxylic acids is 2. The standard InChI is InChI=1S/C18H19N3O4/c1-24-11-7-8-16(25-2)14(9-11)20-17(22)10-15-18(23)21-13-6-4-3-5-12(13)19-15/h3-9,15,19H,10H2,1-2H3,(H,20,22)(H,21,23). The maximum atomic E-state index is 12.4. The largest absolute Gasteiger partial charge is 0.497 e. The van der Waals surface area contributed by atoms with Gasteiger partial charge in [-0.25, -0.2) is 0 Å². The molecule has 1 heterocycles. The lowest BCUT2D eigenvalue weighted by Crippen LogP contribution is -2.41. The SMILES string of the molecule is COc1ccc(OC)c(NC(=O)CC2Nc3ccccc3NC2=O)c1. The van der Waals surface area contributed by atoms with Crippen LogP contribution in [0.4, 0.5) is 17.1 Å². The molecule has 3 rings (SSSR count). The van der Waals surface area contributed by atoms with Gasteiger partial charge < -0.3 is 25.4 Å². The van der Waals surface area contributed by atoms with E-state index in [-0.39, 0.29) is 18.2 Å². The highest BCUT2D eigenvalue weighted by atomic mass is 16.5. The molecule has 1 unspecified atom stereocenters.